The molecule has 1 aliphatic rings. The fourth-order valence-corrected chi connectivity index (χ4v) is 5.64. The lowest BCUT2D eigenvalue weighted by molar-refractivity contribution is -0.384. The summed E-state index contributed by atoms with van der Waals surface area (Å²) in [7, 11) is -0.297. The van der Waals surface area contributed by atoms with E-state index < -0.39 is 31.1 Å². The maximum absolute atomic E-state index is 13.1. The number of carbonyl (C=O) groups excluding carboxylic acids is 1. The zero-order valence-electron chi connectivity index (χ0n) is 28.0. The average Bonchev–Trinajstić information content (AvgIpc) is 3.27. The molecule has 0 spiro atoms. The summed E-state index contributed by atoms with van der Waals surface area (Å²) >= 11 is 0. The molecule has 45 heavy (non-hydrogen) atoms. The van der Waals surface area contributed by atoms with Crippen LogP contribution in [0.1, 0.15) is 70.3 Å². The smallest absolute Gasteiger partial charge is 0.338 e. The molecule has 3 rings (SSSR count). The van der Waals surface area contributed by atoms with E-state index in [1.165, 1.54) is 24.3 Å². The summed E-state index contributed by atoms with van der Waals surface area (Å²) in [5.74, 6) is -0.609. The van der Waals surface area contributed by atoms with Crippen LogP contribution in [0, 0.1) is 10.1 Å². The summed E-state index contributed by atoms with van der Waals surface area (Å²) in [6, 6.07) is 13.0. The Hall–Kier alpha value is -3.09. The number of non-ortho nitro benzene ring substituents is 1. The first-order valence-electron chi connectivity index (χ1n) is 15.4. The monoisotopic (exact) mass is 643 g/mol. The van der Waals surface area contributed by atoms with Crippen LogP contribution < -0.4 is 4.74 Å². The number of nitrogens with zero attached hydrogens (tertiary/aromatic N) is 1. The highest BCUT2D eigenvalue weighted by Crippen LogP contribution is 2.37. The van der Waals surface area contributed by atoms with Crippen LogP contribution in [0.5, 0.6) is 5.75 Å². The zero-order chi connectivity index (χ0) is 33.4. The zero-order valence-corrected chi connectivity index (χ0v) is 29.0. The minimum Gasteiger partial charge on any atom is -0.497 e. The van der Waals surface area contributed by atoms with Crippen LogP contribution >= 0.6 is 0 Å². The van der Waals surface area contributed by atoms with Crippen molar-refractivity contribution in [3.63, 3.8) is 0 Å². The van der Waals surface area contributed by atoms with Crippen LogP contribution in [0.15, 0.2) is 60.7 Å². The third kappa shape index (κ3) is 11.0. The van der Waals surface area contributed by atoms with E-state index in [0.29, 0.717) is 26.1 Å². The number of rotatable bonds is 15. The molecule has 0 aromatic heterocycles. The molecule has 1 fully saturated rings. The van der Waals surface area contributed by atoms with Crippen LogP contribution in [0.25, 0.3) is 0 Å². The summed E-state index contributed by atoms with van der Waals surface area (Å²) in [6.45, 7) is 17.7. The Morgan fingerprint density at radius 3 is 2.31 bits per heavy atom. The predicted molar refractivity (Wildman–Crippen MR) is 175 cm³/mol. The average molecular weight is 644 g/mol. The first-order chi connectivity index (χ1) is 21.0. The second-order valence-corrected chi connectivity index (χ2v) is 18.2. The first-order valence-corrected chi connectivity index (χ1v) is 18.3. The summed E-state index contributed by atoms with van der Waals surface area (Å²) in [6.07, 6.45) is 3.19. The van der Waals surface area contributed by atoms with E-state index >= 15 is 0 Å². The van der Waals surface area contributed by atoms with Crippen LogP contribution in [-0.2, 0) is 30.0 Å². The molecule has 0 saturated carbocycles. The second-order valence-electron chi connectivity index (χ2n) is 13.4. The van der Waals surface area contributed by atoms with E-state index in [0.717, 1.165) is 11.3 Å². The Morgan fingerprint density at radius 2 is 1.73 bits per heavy atom. The number of methoxy groups -OCH3 is 1. The van der Waals surface area contributed by atoms with Gasteiger partial charge in [-0.15, -0.1) is 0 Å². The molecule has 0 radical (unpaired) electrons. The van der Waals surface area contributed by atoms with Crippen molar-refractivity contribution in [2.45, 2.75) is 109 Å². The summed E-state index contributed by atoms with van der Waals surface area (Å²) in [5.41, 5.74) is 1.10. The normalized spacial score (nSPS) is 19.8. The molecule has 2 aromatic rings. The standard InChI is InChI=1S/C34H49NO9Si/c1-24(40-23-25-10-16-28(39-7)17-11-25)22-29(42-32(36)26-12-14-27(15-13-26)35(37)38)18-19-30-31(44-34(5,6)43-30)20-21-41-45(8,9)33(2,3)4/h10-19,24,29-31H,20-23H2,1-9H3/b19-18+/t24-,29-,30+,31+/m1/s1. The van der Waals surface area contributed by atoms with E-state index in [4.69, 9.17) is 28.1 Å². The van der Waals surface area contributed by atoms with Crippen molar-refractivity contribution in [1.82, 2.24) is 0 Å². The van der Waals surface area contributed by atoms with Gasteiger partial charge in [0.1, 0.15) is 18.0 Å². The number of hydrogen-bond acceptors (Lipinski definition) is 9. The highest BCUT2D eigenvalue weighted by molar-refractivity contribution is 6.74. The fourth-order valence-electron chi connectivity index (χ4n) is 4.58. The van der Waals surface area contributed by atoms with Crippen molar-refractivity contribution in [2.24, 2.45) is 0 Å². The molecule has 2 aromatic carbocycles. The Balaban J connectivity index is 1.72. The third-order valence-corrected chi connectivity index (χ3v) is 12.8. The summed E-state index contributed by atoms with van der Waals surface area (Å²) in [4.78, 5) is 23.6. The molecule has 0 unspecified atom stereocenters. The number of benzene rings is 2. The molecule has 4 atom stereocenters. The van der Waals surface area contributed by atoms with Gasteiger partial charge in [-0.3, -0.25) is 10.1 Å². The molecule has 0 N–H and O–H groups in total. The van der Waals surface area contributed by atoms with E-state index in [1.54, 1.807) is 7.11 Å². The molecule has 1 aliphatic heterocycles. The molecular formula is C34H49NO9Si. The van der Waals surface area contributed by atoms with E-state index in [9.17, 15) is 14.9 Å². The molecule has 1 heterocycles. The Morgan fingerprint density at radius 1 is 1.09 bits per heavy atom. The minimum absolute atomic E-state index is 0.103. The largest absolute Gasteiger partial charge is 0.497 e. The maximum atomic E-state index is 13.1. The Kier molecular flexibility index (Phi) is 12.5. The van der Waals surface area contributed by atoms with Gasteiger partial charge in [-0.25, -0.2) is 4.79 Å². The molecular weight excluding hydrogens is 594 g/mol. The Bertz CT molecular complexity index is 1290. The van der Waals surface area contributed by atoms with Gasteiger partial charge in [0, 0.05) is 25.2 Å². The van der Waals surface area contributed by atoms with Gasteiger partial charge in [0.25, 0.3) is 5.69 Å². The predicted octanol–water partition coefficient (Wildman–Crippen LogP) is 7.61. The lowest BCUT2D eigenvalue weighted by Crippen LogP contribution is -2.41. The van der Waals surface area contributed by atoms with Crippen molar-refractivity contribution in [3.8, 4) is 5.75 Å². The van der Waals surface area contributed by atoms with Crippen LogP contribution in [0.3, 0.4) is 0 Å². The number of hydrogen-bond donors (Lipinski definition) is 0. The van der Waals surface area contributed by atoms with Crippen molar-refractivity contribution in [3.05, 3.63) is 81.9 Å². The highest BCUT2D eigenvalue weighted by Gasteiger charge is 2.41. The highest BCUT2D eigenvalue weighted by atomic mass is 28.4. The first kappa shape index (κ1) is 36.4. The van der Waals surface area contributed by atoms with Gasteiger partial charge < -0.3 is 28.1 Å². The number of ether oxygens (including phenoxy) is 5. The number of carbonyl (C=O) groups is 1. The second kappa shape index (κ2) is 15.5. The fraction of sp³-hybridized carbons (Fsp3) is 0.559. The third-order valence-electron chi connectivity index (χ3n) is 8.24. The van der Waals surface area contributed by atoms with Crippen molar-refractivity contribution in [1.29, 1.82) is 0 Å². The van der Waals surface area contributed by atoms with E-state index in [1.807, 2.05) is 57.2 Å². The van der Waals surface area contributed by atoms with Gasteiger partial charge in [0.05, 0.1) is 36.4 Å². The molecule has 248 valence electrons. The van der Waals surface area contributed by atoms with Crippen molar-refractivity contribution >= 4 is 20.0 Å². The minimum atomic E-state index is -1.92. The molecule has 11 heteroatoms. The molecule has 0 amide bonds. The maximum Gasteiger partial charge on any atom is 0.338 e. The molecule has 10 nitrogen and oxygen atoms in total. The quantitative estimate of drug-likeness (QED) is 0.0635. The lowest BCUT2D eigenvalue weighted by Gasteiger charge is -2.36. The SMILES string of the molecule is COc1ccc(CO[C@H](C)C[C@@H](/C=C/[C@@H]2OC(C)(C)O[C@H]2CCO[Si](C)(C)C(C)(C)C)OC(=O)c2ccc([N+](=O)[O-])cc2)cc1. The summed E-state index contributed by atoms with van der Waals surface area (Å²) < 4.78 is 36.0. The summed E-state index contributed by atoms with van der Waals surface area (Å²) in [5, 5.41) is 11.2. The van der Waals surface area contributed by atoms with Gasteiger partial charge in [-0.2, -0.15) is 0 Å². The number of nitro benzene ring substituents is 1. The van der Waals surface area contributed by atoms with E-state index in [-0.39, 0.29) is 34.6 Å². The topological polar surface area (TPSA) is 116 Å². The van der Waals surface area contributed by atoms with Crippen LogP contribution in [0.4, 0.5) is 5.69 Å². The Labute approximate surface area is 268 Å². The van der Waals surface area contributed by atoms with Gasteiger partial charge in [0.15, 0.2) is 14.1 Å². The van der Waals surface area contributed by atoms with E-state index in [2.05, 4.69) is 33.9 Å². The van der Waals surface area contributed by atoms with Gasteiger partial charge >= 0.3 is 5.97 Å². The van der Waals surface area contributed by atoms with Crippen LogP contribution in [-0.4, -0.2) is 63.1 Å². The molecule has 0 bridgehead atoms. The van der Waals surface area contributed by atoms with Crippen molar-refractivity contribution < 1.29 is 37.8 Å². The lowest BCUT2D eigenvalue weighted by atomic mass is 10.1. The molecule has 0 aliphatic carbocycles. The van der Waals surface area contributed by atoms with Gasteiger partial charge in [-0.05, 0) is 81.2 Å². The van der Waals surface area contributed by atoms with Gasteiger partial charge in [-0.1, -0.05) is 39.0 Å². The van der Waals surface area contributed by atoms with Gasteiger partial charge in [0.2, 0.25) is 0 Å². The number of nitro groups is 1. The van der Waals surface area contributed by atoms with Crippen molar-refractivity contribution in [2.75, 3.05) is 13.7 Å². The number of esters is 1. The molecule has 1 saturated heterocycles. The van der Waals surface area contributed by atoms with Crippen LogP contribution in [0.2, 0.25) is 18.1 Å².